The van der Waals surface area contributed by atoms with Crippen LogP contribution in [0.2, 0.25) is 0 Å². The molecule has 128 valence electrons. The number of carbonyl (C=O) groups excluding carboxylic acids is 1. The van der Waals surface area contributed by atoms with E-state index >= 15 is 0 Å². The highest BCUT2D eigenvalue weighted by Crippen LogP contribution is 2.21. The van der Waals surface area contributed by atoms with Crippen molar-refractivity contribution in [2.24, 2.45) is 7.05 Å². The van der Waals surface area contributed by atoms with E-state index in [1.165, 1.54) is 22.6 Å². The summed E-state index contributed by atoms with van der Waals surface area (Å²) in [5, 5.41) is 3.17. The van der Waals surface area contributed by atoms with Crippen LogP contribution in [0, 0.1) is 6.92 Å². The number of nitrogens with one attached hydrogen (secondary N) is 2. The summed E-state index contributed by atoms with van der Waals surface area (Å²) in [5.41, 5.74) is 4.68. The first kappa shape index (κ1) is 16.8. The molecule has 0 spiro atoms. The molecule has 1 unspecified atom stereocenters. The number of para-hydroxylation sites is 1. The number of anilines is 1. The van der Waals surface area contributed by atoms with Crippen LogP contribution in [0.1, 0.15) is 42.6 Å². The number of amides is 1. The average Bonchev–Trinajstić information content (AvgIpc) is 3.17. The molecule has 2 aromatic rings. The zero-order valence-electron chi connectivity index (χ0n) is 14.9. The normalized spacial score (nSPS) is 20.3. The second-order valence-corrected chi connectivity index (χ2v) is 6.83. The lowest BCUT2D eigenvalue weighted by molar-refractivity contribution is -0.910. The van der Waals surface area contributed by atoms with Gasteiger partial charge in [0.05, 0.1) is 12.2 Å². The highest BCUT2D eigenvalue weighted by molar-refractivity contribution is 5.93. The van der Waals surface area contributed by atoms with Gasteiger partial charge in [0.1, 0.15) is 6.04 Å². The number of rotatable bonds is 5. The first-order valence-electron chi connectivity index (χ1n) is 8.94. The molecular formula is C20H28N3O+. The van der Waals surface area contributed by atoms with Gasteiger partial charge >= 0.3 is 0 Å². The Kier molecular flexibility index (Phi) is 5.05. The molecule has 0 saturated carbocycles. The van der Waals surface area contributed by atoms with Crippen molar-refractivity contribution in [3.63, 3.8) is 0 Å². The van der Waals surface area contributed by atoms with Crippen molar-refractivity contribution in [2.75, 3.05) is 18.4 Å². The third-order valence-corrected chi connectivity index (χ3v) is 5.22. The summed E-state index contributed by atoms with van der Waals surface area (Å²) in [4.78, 5) is 14.0. The van der Waals surface area contributed by atoms with E-state index in [0.717, 1.165) is 30.6 Å². The average molecular weight is 326 g/mol. The van der Waals surface area contributed by atoms with Crippen molar-refractivity contribution in [1.82, 2.24) is 4.57 Å². The number of aromatic nitrogens is 1. The summed E-state index contributed by atoms with van der Waals surface area (Å²) in [6.45, 7) is 5.79. The van der Waals surface area contributed by atoms with E-state index in [4.69, 9.17) is 0 Å². The summed E-state index contributed by atoms with van der Waals surface area (Å²) in [5.74, 6) is 0.120. The molecule has 4 heteroatoms. The van der Waals surface area contributed by atoms with Gasteiger partial charge in [-0.2, -0.15) is 0 Å². The smallest absolute Gasteiger partial charge is 0.279 e. The topological polar surface area (TPSA) is 38.5 Å². The number of hydrogen-bond donors (Lipinski definition) is 2. The largest absolute Gasteiger partial charge is 0.350 e. The maximum Gasteiger partial charge on any atom is 0.279 e. The van der Waals surface area contributed by atoms with Crippen molar-refractivity contribution in [3.8, 4) is 0 Å². The molecule has 1 aliphatic rings. The molecule has 1 fully saturated rings. The predicted molar refractivity (Wildman–Crippen MR) is 97.3 cm³/mol. The second kappa shape index (κ2) is 7.22. The van der Waals surface area contributed by atoms with E-state index in [0.29, 0.717) is 12.6 Å². The summed E-state index contributed by atoms with van der Waals surface area (Å²) in [7, 11) is 2.09. The minimum atomic E-state index is 0.120. The molecule has 4 nitrogen and oxygen atoms in total. The van der Waals surface area contributed by atoms with Crippen LogP contribution in [0.25, 0.3) is 0 Å². The van der Waals surface area contributed by atoms with Crippen LogP contribution in [-0.4, -0.2) is 23.6 Å². The second-order valence-electron chi connectivity index (χ2n) is 6.83. The Morgan fingerprint density at radius 1 is 1.33 bits per heavy atom. The van der Waals surface area contributed by atoms with Gasteiger partial charge in [-0.1, -0.05) is 25.1 Å². The molecule has 0 radical (unpaired) electrons. The van der Waals surface area contributed by atoms with E-state index < -0.39 is 0 Å². The van der Waals surface area contributed by atoms with Crippen LogP contribution < -0.4 is 10.2 Å². The zero-order chi connectivity index (χ0) is 17.1. The zero-order valence-corrected chi connectivity index (χ0v) is 14.9. The van der Waals surface area contributed by atoms with Crippen LogP contribution in [0.15, 0.2) is 36.5 Å². The van der Waals surface area contributed by atoms with E-state index in [1.54, 1.807) is 0 Å². The molecular weight excluding hydrogens is 298 g/mol. The lowest BCUT2D eigenvalue weighted by Gasteiger charge is -2.22. The Morgan fingerprint density at radius 3 is 2.88 bits per heavy atom. The molecule has 1 saturated heterocycles. The van der Waals surface area contributed by atoms with Gasteiger partial charge in [-0.3, -0.25) is 4.79 Å². The first-order chi connectivity index (χ1) is 11.6. The number of carbonyl (C=O) groups is 1. The Morgan fingerprint density at radius 2 is 2.17 bits per heavy atom. The fraction of sp³-hybridized carbons (Fsp3) is 0.450. The quantitative estimate of drug-likeness (QED) is 0.869. The van der Waals surface area contributed by atoms with Crippen LogP contribution in [0.5, 0.6) is 0 Å². The van der Waals surface area contributed by atoms with Gasteiger partial charge in [0.25, 0.3) is 5.91 Å². The van der Waals surface area contributed by atoms with Crippen LogP contribution in [0.4, 0.5) is 5.69 Å². The molecule has 24 heavy (non-hydrogen) atoms. The summed E-state index contributed by atoms with van der Waals surface area (Å²) >= 11 is 0. The SMILES string of the molecule is CCc1cccc(C)c1NC(=O)C[NH+]1CCC[C@H]1c1cccn1C. The molecule has 2 N–H and O–H groups in total. The van der Waals surface area contributed by atoms with Crippen molar-refractivity contribution in [3.05, 3.63) is 53.3 Å². The Bertz CT molecular complexity index is 719. The number of quaternary nitrogens is 1. The van der Waals surface area contributed by atoms with E-state index in [-0.39, 0.29) is 5.91 Å². The maximum atomic E-state index is 12.7. The first-order valence-corrected chi connectivity index (χ1v) is 8.94. The number of hydrogen-bond acceptors (Lipinski definition) is 1. The van der Waals surface area contributed by atoms with E-state index in [2.05, 4.69) is 67.3 Å². The van der Waals surface area contributed by atoms with Crippen LogP contribution >= 0.6 is 0 Å². The van der Waals surface area contributed by atoms with Gasteiger partial charge in [-0.25, -0.2) is 0 Å². The van der Waals surface area contributed by atoms with Crippen LogP contribution in [-0.2, 0) is 18.3 Å². The fourth-order valence-electron chi connectivity index (χ4n) is 3.91. The summed E-state index contributed by atoms with van der Waals surface area (Å²) in [6, 6.07) is 10.9. The maximum absolute atomic E-state index is 12.7. The standard InChI is InChI=1S/C20H27N3O/c1-4-16-9-5-8-15(2)20(16)21-19(24)14-23-13-7-11-18(23)17-10-6-12-22(17)3/h5-6,8-10,12,18H,4,7,11,13-14H2,1-3H3,(H,21,24)/p+1/t18-/m0/s1. The van der Waals surface area contributed by atoms with Crippen molar-refractivity contribution in [1.29, 1.82) is 0 Å². The summed E-state index contributed by atoms with van der Waals surface area (Å²) < 4.78 is 2.18. The van der Waals surface area contributed by atoms with E-state index in [1.807, 2.05) is 0 Å². The Labute approximate surface area is 144 Å². The lowest BCUT2D eigenvalue weighted by atomic mass is 10.1. The Hall–Kier alpha value is -2.07. The molecule has 0 bridgehead atoms. The molecule has 1 aromatic heterocycles. The van der Waals surface area contributed by atoms with Gasteiger partial charge < -0.3 is 14.8 Å². The minimum Gasteiger partial charge on any atom is -0.350 e. The number of benzene rings is 1. The molecule has 1 aliphatic heterocycles. The van der Waals surface area contributed by atoms with Gasteiger partial charge in [0.15, 0.2) is 6.54 Å². The van der Waals surface area contributed by atoms with Crippen molar-refractivity contribution in [2.45, 2.75) is 39.2 Å². The lowest BCUT2D eigenvalue weighted by Crippen LogP contribution is -3.11. The summed E-state index contributed by atoms with van der Waals surface area (Å²) in [6.07, 6.45) is 5.36. The molecule has 2 atom stereocenters. The third kappa shape index (κ3) is 3.39. The Balaban J connectivity index is 1.70. The molecule has 1 aromatic carbocycles. The minimum absolute atomic E-state index is 0.120. The number of aryl methyl sites for hydroxylation is 3. The van der Waals surface area contributed by atoms with Gasteiger partial charge in [0, 0.05) is 31.8 Å². The monoisotopic (exact) mass is 326 g/mol. The predicted octanol–water partition coefficient (Wildman–Crippen LogP) is 2.25. The van der Waals surface area contributed by atoms with Gasteiger partial charge in [-0.05, 0) is 36.6 Å². The number of likely N-dealkylation sites (tertiary alicyclic amines) is 1. The van der Waals surface area contributed by atoms with Gasteiger partial charge in [0.2, 0.25) is 0 Å². The van der Waals surface area contributed by atoms with Gasteiger partial charge in [-0.15, -0.1) is 0 Å². The molecule has 3 rings (SSSR count). The molecule has 2 heterocycles. The fourth-order valence-corrected chi connectivity index (χ4v) is 3.91. The highest BCUT2D eigenvalue weighted by atomic mass is 16.2. The third-order valence-electron chi connectivity index (χ3n) is 5.22. The van der Waals surface area contributed by atoms with Crippen molar-refractivity contribution >= 4 is 11.6 Å². The molecule has 0 aliphatic carbocycles. The molecule has 1 amide bonds. The van der Waals surface area contributed by atoms with Crippen molar-refractivity contribution < 1.29 is 9.69 Å². The van der Waals surface area contributed by atoms with E-state index in [9.17, 15) is 4.79 Å². The number of nitrogens with zero attached hydrogens (tertiary/aromatic N) is 1. The highest BCUT2D eigenvalue weighted by Gasteiger charge is 2.33. The van der Waals surface area contributed by atoms with Crippen LogP contribution in [0.3, 0.4) is 0 Å².